The highest BCUT2D eigenvalue weighted by Crippen LogP contribution is 2.22. The minimum absolute atomic E-state index is 0.00641. The molecule has 1 aliphatic heterocycles. The van der Waals surface area contributed by atoms with Crippen molar-refractivity contribution in [2.45, 2.75) is 6.42 Å². The summed E-state index contributed by atoms with van der Waals surface area (Å²) in [6, 6.07) is 25.6. The van der Waals surface area contributed by atoms with E-state index in [4.69, 9.17) is 4.74 Å². The van der Waals surface area contributed by atoms with Crippen LogP contribution in [0.3, 0.4) is 0 Å². The third kappa shape index (κ3) is 4.94. The molecule has 2 amide bonds. The largest absolute Gasteiger partial charge is 0.497 e. The van der Waals surface area contributed by atoms with Crippen LogP contribution < -0.4 is 10.1 Å². The molecule has 0 radical (unpaired) electrons. The van der Waals surface area contributed by atoms with Gasteiger partial charge in [0.2, 0.25) is 5.91 Å². The molecule has 0 unspecified atom stereocenters. The van der Waals surface area contributed by atoms with Gasteiger partial charge in [-0.05, 0) is 41.3 Å². The fraction of sp³-hybridized carbons (Fsp3) is 0.231. The smallest absolute Gasteiger partial charge is 0.254 e. The first kappa shape index (κ1) is 20.7. The molecule has 0 aromatic heterocycles. The SMILES string of the molecule is COc1cccc(C(=O)N2CCNC(=O)[C@@H](Cc3ccc(-c4ccccc4)cc3)C2)c1. The minimum atomic E-state index is -0.292. The summed E-state index contributed by atoms with van der Waals surface area (Å²) in [4.78, 5) is 27.5. The standard InChI is InChI=1S/C26H26N2O3/c1-31-24-9-5-8-22(17-24)26(30)28-15-14-27-25(29)23(18-28)16-19-10-12-21(13-11-19)20-6-3-2-4-7-20/h2-13,17,23H,14-16,18H2,1H3,(H,27,29)/t23-/m0/s1. The molecule has 4 rings (SSSR count). The molecule has 3 aromatic carbocycles. The molecule has 3 aromatic rings. The molecular weight excluding hydrogens is 388 g/mol. The van der Waals surface area contributed by atoms with Gasteiger partial charge in [0.1, 0.15) is 5.75 Å². The van der Waals surface area contributed by atoms with Gasteiger partial charge in [-0.2, -0.15) is 0 Å². The van der Waals surface area contributed by atoms with E-state index in [0.29, 0.717) is 37.4 Å². The zero-order valence-electron chi connectivity index (χ0n) is 17.6. The Balaban J connectivity index is 1.48. The second-order valence-electron chi connectivity index (χ2n) is 7.74. The summed E-state index contributed by atoms with van der Waals surface area (Å²) >= 11 is 0. The summed E-state index contributed by atoms with van der Waals surface area (Å²) in [5.74, 6) is 0.262. The molecule has 31 heavy (non-hydrogen) atoms. The van der Waals surface area contributed by atoms with Gasteiger partial charge in [-0.1, -0.05) is 60.7 Å². The van der Waals surface area contributed by atoms with Crippen molar-refractivity contribution >= 4 is 11.8 Å². The average Bonchev–Trinajstić information content (AvgIpc) is 3.01. The lowest BCUT2D eigenvalue weighted by Gasteiger charge is -2.23. The molecule has 0 bridgehead atoms. The van der Waals surface area contributed by atoms with Gasteiger partial charge < -0.3 is 15.0 Å². The number of carbonyl (C=O) groups is 2. The highest BCUT2D eigenvalue weighted by Gasteiger charge is 2.28. The van der Waals surface area contributed by atoms with E-state index in [1.165, 1.54) is 0 Å². The average molecular weight is 415 g/mol. The summed E-state index contributed by atoms with van der Waals surface area (Å²) in [7, 11) is 1.58. The summed E-state index contributed by atoms with van der Waals surface area (Å²) in [6.45, 7) is 1.34. The van der Waals surface area contributed by atoms with Gasteiger partial charge in [0.05, 0.1) is 13.0 Å². The number of benzene rings is 3. The lowest BCUT2D eigenvalue weighted by Crippen LogP contribution is -2.37. The molecule has 0 aliphatic carbocycles. The number of methoxy groups -OCH3 is 1. The van der Waals surface area contributed by atoms with E-state index in [1.807, 2.05) is 24.3 Å². The molecule has 158 valence electrons. The minimum Gasteiger partial charge on any atom is -0.497 e. The van der Waals surface area contributed by atoms with Crippen LogP contribution in [-0.2, 0) is 11.2 Å². The van der Waals surface area contributed by atoms with Gasteiger partial charge in [0, 0.05) is 25.2 Å². The predicted molar refractivity (Wildman–Crippen MR) is 121 cm³/mol. The number of hydrogen-bond donors (Lipinski definition) is 1. The van der Waals surface area contributed by atoms with E-state index in [-0.39, 0.29) is 17.7 Å². The molecule has 1 aliphatic rings. The second kappa shape index (κ2) is 9.47. The van der Waals surface area contributed by atoms with Crippen LogP contribution >= 0.6 is 0 Å². The molecule has 0 spiro atoms. The normalized spacial score (nSPS) is 16.4. The van der Waals surface area contributed by atoms with E-state index >= 15 is 0 Å². The van der Waals surface area contributed by atoms with E-state index < -0.39 is 0 Å². The quantitative estimate of drug-likeness (QED) is 0.691. The lowest BCUT2D eigenvalue weighted by atomic mass is 9.96. The van der Waals surface area contributed by atoms with Crippen molar-refractivity contribution < 1.29 is 14.3 Å². The third-order valence-corrected chi connectivity index (χ3v) is 5.64. The number of rotatable bonds is 5. The second-order valence-corrected chi connectivity index (χ2v) is 7.74. The van der Waals surface area contributed by atoms with Crippen LogP contribution in [-0.4, -0.2) is 43.5 Å². The van der Waals surface area contributed by atoms with Gasteiger partial charge in [0.15, 0.2) is 0 Å². The monoisotopic (exact) mass is 414 g/mol. The molecular formula is C26H26N2O3. The van der Waals surface area contributed by atoms with E-state index in [9.17, 15) is 9.59 Å². The van der Waals surface area contributed by atoms with Crippen LogP contribution in [0, 0.1) is 5.92 Å². The van der Waals surface area contributed by atoms with Crippen molar-refractivity contribution in [1.29, 1.82) is 0 Å². The van der Waals surface area contributed by atoms with Crippen molar-refractivity contribution in [3.8, 4) is 16.9 Å². The Morgan fingerprint density at radius 3 is 2.48 bits per heavy atom. The molecule has 5 nitrogen and oxygen atoms in total. The van der Waals surface area contributed by atoms with Gasteiger partial charge in [0.25, 0.3) is 5.91 Å². The van der Waals surface area contributed by atoms with E-state index in [0.717, 1.165) is 16.7 Å². The number of hydrogen-bond acceptors (Lipinski definition) is 3. The molecule has 0 saturated carbocycles. The molecule has 1 N–H and O–H groups in total. The Labute approximate surface area is 182 Å². The van der Waals surface area contributed by atoms with Crippen molar-refractivity contribution in [3.05, 3.63) is 90.0 Å². The molecule has 1 fully saturated rings. The van der Waals surface area contributed by atoms with Crippen molar-refractivity contribution in [2.24, 2.45) is 5.92 Å². The summed E-state index contributed by atoms with van der Waals surface area (Å²) in [5.41, 5.74) is 3.95. The Morgan fingerprint density at radius 2 is 1.74 bits per heavy atom. The summed E-state index contributed by atoms with van der Waals surface area (Å²) in [5, 5.41) is 2.95. The summed E-state index contributed by atoms with van der Waals surface area (Å²) < 4.78 is 5.24. The number of nitrogens with zero attached hydrogens (tertiary/aromatic N) is 1. The maximum Gasteiger partial charge on any atom is 0.254 e. The third-order valence-electron chi connectivity index (χ3n) is 5.64. The van der Waals surface area contributed by atoms with Crippen LogP contribution in [0.25, 0.3) is 11.1 Å². The first-order chi connectivity index (χ1) is 15.1. The van der Waals surface area contributed by atoms with Gasteiger partial charge in [-0.25, -0.2) is 0 Å². The van der Waals surface area contributed by atoms with Crippen molar-refractivity contribution in [2.75, 3.05) is 26.7 Å². The van der Waals surface area contributed by atoms with E-state index in [2.05, 4.69) is 41.7 Å². The van der Waals surface area contributed by atoms with Crippen LogP contribution in [0.4, 0.5) is 0 Å². The van der Waals surface area contributed by atoms with Crippen molar-refractivity contribution in [3.63, 3.8) is 0 Å². The fourth-order valence-corrected chi connectivity index (χ4v) is 3.93. The van der Waals surface area contributed by atoms with Crippen molar-refractivity contribution in [1.82, 2.24) is 10.2 Å². The van der Waals surface area contributed by atoms with E-state index in [1.54, 1.807) is 30.2 Å². The number of amides is 2. The van der Waals surface area contributed by atoms with Crippen LogP contribution in [0.5, 0.6) is 5.75 Å². The van der Waals surface area contributed by atoms with Crippen LogP contribution in [0.15, 0.2) is 78.9 Å². The number of carbonyl (C=O) groups excluding carboxylic acids is 2. The van der Waals surface area contributed by atoms with Gasteiger partial charge >= 0.3 is 0 Å². The Bertz CT molecular complexity index is 1050. The Morgan fingerprint density at radius 1 is 1.00 bits per heavy atom. The molecule has 1 atom stereocenters. The van der Waals surface area contributed by atoms with Crippen LogP contribution in [0.2, 0.25) is 0 Å². The maximum absolute atomic E-state index is 13.1. The number of ether oxygens (including phenoxy) is 1. The highest BCUT2D eigenvalue weighted by atomic mass is 16.5. The maximum atomic E-state index is 13.1. The first-order valence-corrected chi connectivity index (χ1v) is 10.5. The topological polar surface area (TPSA) is 58.6 Å². The first-order valence-electron chi connectivity index (χ1n) is 10.5. The Kier molecular flexibility index (Phi) is 6.32. The molecule has 5 heteroatoms. The fourth-order valence-electron chi connectivity index (χ4n) is 3.93. The highest BCUT2D eigenvalue weighted by molar-refractivity contribution is 5.95. The predicted octanol–water partition coefficient (Wildman–Crippen LogP) is 3.79. The summed E-state index contributed by atoms with van der Waals surface area (Å²) in [6.07, 6.45) is 0.586. The molecule has 1 saturated heterocycles. The number of nitrogens with one attached hydrogen (secondary N) is 1. The molecule has 1 heterocycles. The van der Waals surface area contributed by atoms with Gasteiger partial charge in [-0.15, -0.1) is 0 Å². The zero-order valence-corrected chi connectivity index (χ0v) is 17.6. The zero-order chi connectivity index (χ0) is 21.6. The lowest BCUT2D eigenvalue weighted by molar-refractivity contribution is -0.124. The Hall–Kier alpha value is -3.60. The van der Waals surface area contributed by atoms with Crippen LogP contribution in [0.1, 0.15) is 15.9 Å². The van der Waals surface area contributed by atoms with Gasteiger partial charge in [-0.3, -0.25) is 9.59 Å².